The summed E-state index contributed by atoms with van der Waals surface area (Å²) in [5, 5.41) is 40.0. The van der Waals surface area contributed by atoms with Gasteiger partial charge in [-0.2, -0.15) is 0 Å². The van der Waals surface area contributed by atoms with Gasteiger partial charge in [0, 0.05) is 11.9 Å². The number of aliphatic hydroxyl groups excluding tert-OH is 2. The van der Waals surface area contributed by atoms with Crippen LogP contribution in [-0.4, -0.2) is 34.4 Å². The first kappa shape index (κ1) is 52.4. The number of aliphatic hydroxyl groups is 2. The van der Waals surface area contributed by atoms with Gasteiger partial charge in [0.1, 0.15) is 0 Å². The van der Waals surface area contributed by atoms with Gasteiger partial charge in [0.2, 0.25) is 0 Å². The Kier molecular flexibility index (Phi) is 53.2. The number of hydrogen-bond acceptors (Lipinski definition) is 6. The zero-order valence-electron chi connectivity index (χ0n) is 29.4. The van der Waals surface area contributed by atoms with Gasteiger partial charge < -0.3 is 30.0 Å². The smallest absolute Gasteiger partial charge is 0.550 e. The minimum atomic E-state index is -0.939. The molecule has 0 amide bonds. The van der Waals surface area contributed by atoms with E-state index in [2.05, 4.69) is 38.2 Å². The Hall–Kier alpha value is 1.61. The first-order valence-electron chi connectivity index (χ1n) is 17.4. The summed E-state index contributed by atoms with van der Waals surface area (Å²) in [7, 11) is 0. The molecule has 0 spiro atoms. The van der Waals surface area contributed by atoms with Crippen LogP contribution in [0.25, 0.3) is 0 Å². The van der Waals surface area contributed by atoms with Gasteiger partial charge in [-0.1, -0.05) is 128 Å². The van der Waals surface area contributed by atoms with Crippen molar-refractivity contribution < 1.29 is 133 Å². The summed E-state index contributed by atoms with van der Waals surface area (Å²) in [5.41, 5.74) is 0. The van der Waals surface area contributed by atoms with Crippen molar-refractivity contribution in [2.45, 2.75) is 193 Å². The Balaban J connectivity index is -0.000000348. The first-order chi connectivity index (χ1) is 20.3. The molecule has 2 atom stereocenters. The van der Waals surface area contributed by atoms with Crippen molar-refractivity contribution in [2.75, 3.05) is 0 Å². The summed E-state index contributed by atoms with van der Waals surface area (Å²) >= 11 is 0. The predicted molar refractivity (Wildman–Crippen MR) is 172 cm³/mol. The van der Waals surface area contributed by atoms with Gasteiger partial charge in [0.05, 0.1) is 12.2 Å². The van der Waals surface area contributed by atoms with Crippen molar-refractivity contribution >= 4 is 11.9 Å². The van der Waals surface area contributed by atoms with E-state index in [9.17, 15) is 30.0 Å². The van der Waals surface area contributed by atoms with Crippen LogP contribution in [0.3, 0.4) is 0 Å². The second-order valence-electron chi connectivity index (χ2n) is 11.8. The fourth-order valence-corrected chi connectivity index (χ4v) is 4.72. The quantitative estimate of drug-likeness (QED) is 0.0678. The third-order valence-corrected chi connectivity index (χ3v) is 7.43. The predicted octanol–water partition coefficient (Wildman–Crippen LogP) is 1.50. The van der Waals surface area contributed by atoms with Crippen LogP contribution < -0.4 is 113 Å². The molecule has 0 unspecified atom stereocenters. The molecule has 6 nitrogen and oxygen atoms in total. The molecule has 0 heterocycles. The van der Waals surface area contributed by atoms with E-state index in [1.807, 2.05) is 0 Å². The van der Waals surface area contributed by atoms with Crippen LogP contribution in [0.4, 0.5) is 0 Å². The number of allylic oxidation sites excluding steroid dienone is 2. The van der Waals surface area contributed by atoms with Gasteiger partial charge >= 0.3 is 103 Å². The Morgan fingerprint density at radius 1 is 0.500 bits per heavy atom. The van der Waals surface area contributed by atoms with Crippen LogP contribution in [-0.2, 0) is 9.59 Å². The summed E-state index contributed by atoms with van der Waals surface area (Å²) in [6.45, 7) is 4.39. The van der Waals surface area contributed by atoms with Gasteiger partial charge in [-0.25, -0.2) is 0 Å². The summed E-state index contributed by atoms with van der Waals surface area (Å²) in [6, 6.07) is 0. The number of rotatable bonds is 30. The molecule has 0 saturated carbocycles. The van der Waals surface area contributed by atoms with Gasteiger partial charge in [-0.3, -0.25) is 0 Å². The van der Waals surface area contributed by atoms with Crippen molar-refractivity contribution in [3.63, 3.8) is 0 Å². The Bertz CT molecular complexity index is 588. The fraction of sp³-hybridized carbons (Fsp3) is 0.833. The molecule has 0 aromatic carbocycles. The molecule has 2 N–H and O–H groups in total. The maximum absolute atomic E-state index is 10.2. The number of carboxylic acids is 2. The molecule has 0 aliphatic carbocycles. The van der Waals surface area contributed by atoms with E-state index in [1.165, 1.54) is 38.5 Å². The molecule has 8 heteroatoms. The van der Waals surface area contributed by atoms with E-state index in [0.29, 0.717) is 0 Å². The second-order valence-corrected chi connectivity index (χ2v) is 11.8. The normalized spacial score (nSPS) is 12.3. The Morgan fingerprint density at radius 2 is 0.818 bits per heavy atom. The second kappa shape index (κ2) is 44.6. The van der Waals surface area contributed by atoms with Crippen LogP contribution in [0, 0.1) is 0 Å². The summed E-state index contributed by atoms with van der Waals surface area (Å²) in [6.07, 6.45) is 34.0. The molecule has 0 rings (SSSR count). The third kappa shape index (κ3) is 50.5. The van der Waals surface area contributed by atoms with Crippen molar-refractivity contribution in [1.29, 1.82) is 0 Å². The number of unbranched alkanes of at least 4 members (excludes halogenated alkanes) is 16. The molecule has 248 valence electrons. The molecule has 0 fully saturated rings. The maximum atomic E-state index is 10.2. The van der Waals surface area contributed by atoms with Crippen molar-refractivity contribution in [2.24, 2.45) is 0 Å². The molecule has 0 radical (unpaired) electrons. The van der Waals surface area contributed by atoms with E-state index < -0.39 is 11.9 Å². The van der Waals surface area contributed by atoms with Crippen LogP contribution in [0.5, 0.6) is 0 Å². The van der Waals surface area contributed by atoms with Crippen LogP contribution in [0.1, 0.15) is 181 Å². The topological polar surface area (TPSA) is 121 Å². The van der Waals surface area contributed by atoms with E-state index in [0.717, 1.165) is 116 Å². The molecule has 0 aromatic rings. The zero-order chi connectivity index (χ0) is 31.5. The number of carboxylic acid groups (broad SMARTS) is 2. The van der Waals surface area contributed by atoms with E-state index in [1.54, 1.807) is 0 Å². The molecular formula is C36H66K2O6. The largest absolute Gasteiger partial charge is 1.00 e. The van der Waals surface area contributed by atoms with Crippen LogP contribution >= 0.6 is 0 Å². The van der Waals surface area contributed by atoms with Gasteiger partial charge in [-0.05, 0) is 77.0 Å². The number of carbonyl (C=O) groups is 2. The fourth-order valence-electron chi connectivity index (χ4n) is 4.72. The van der Waals surface area contributed by atoms with Crippen LogP contribution in [0.15, 0.2) is 24.3 Å². The monoisotopic (exact) mass is 672 g/mol. The summed E-state index contributed by atoms with van der Waals surface area (Å²) in [4.78, 5) is 20.4. The van der Waals surface area contributed by atoms with Gasteiger partial charge in [0.25, 0.3) is 0 Å². The average molecular weight is 673 g/mol. The molecule has 0 bridgehead atoms. The minimum Gasteiger partial charge on any atom is -0.550 e. The average Bonchev–Trinajstić information content (AvgIpc) is 2.95. The molecule has 0 aliphatic heterocycles. The zero-order valence-corrected chi connectivity index (χ0v) is 35.6. The molecule has 44 heavy (non-hydrogen) atoms. The van der Waals surface area contributed by atoms with Gasteiger partial charge in [-0.15, -0.1) is 0 Å². The molecule has 0 saturated heterocycles. The number of aliphatic carboxylic acids is 2. The van der Waals surface area contributed by atoms with Gasteiger partial charge in [0.15, 0.2) is 0 Å². The summed E-state index contributed by atoms with van der Waals surface area (Å²) in [5.74, 6) is -1.88. The molecule has 0 aromatic heterocycles. The van der Waals surface area contributed by atoms with Crippen LogP contribution in [0.2, 0.25) is 0 Å². The molecule has 0 aliphatic rings. The van der Waals surface area contributed by atoms with Crippen molar-refractivity contribution in [3.05, 3.63) is 24.3 Å². The minimum absolute atomic E-state index is 0. The van der Waals surface area contributed by atoms with Crippen molar-refractivity contribution in [1.82, 2.24) is 0 Å². The summed E-state index contributed by atoms with van der Waals surface area (Å²) < 4.78 is 0. The van der Waals surface area contributed by atoms with E-state index >= 15 is 0 Å². The van der Waals surface area contributed by atoms with Crippen molar-refractivity contribution in [3.8, 4) is 0 Å². The molecular weight excluding hydrogens is 607 g/mol. The number of carbonyl (C=O) groups excluding carboxylic acids is 2. The number of hydrogen-bond donors (Lipinski definition) is 2. The first-order valence-corrected chi connectivity index (χ1v) is 17.4. The standard InChI is InChI=1S/2C18H34O3.2K/c2*1-2-3-4-11-14-17(19)15-12-9-7-5-6-8-10-13-16-18(20)21;;/h2*9,12,17,19H,2-8,10-11,13-16H2,1H3,(H,20,21);;/q;;2*+1/p-2/b2*12-9-;;/t2*17-;;/m11../s1. The van der Waals surface area contributed by atoms with E-state index in [-0.39, 0.29) is 128 Å². The SMILES string of the molecule is CCCCCC[C@@H](O)C/C=C\CCCCCCCC(=O)[O-].CCCCCC[C@@H](O)C/C=C\CCCCCCCC(=O)[O-].[K+].[K+]. The van der Waals surface area contributed by atoms with E-state index in [4.69, 9.17) is 0 Å². The Morgan fingerprint density at radius 3 is 1.16 bits per heavy atom. The maximum Gasteiger partial charge on any atom is 1.00 e. The third-order valence-electron chi connectivity index (χ3n) is 7.43. The Labute approximate surface area is 356 Å².